The van der Waals surface area contributed by atoms with Gasteiger partial charge in [-0.2, -0.15) is 0 Å². The monoisotopic (exact) mass is 453 g/mol. The minimum absolute atomic E-state index is 0.00950. The topological polar surface area (TPSA) is 111 Å². The molecule has 156 valence electrons. The van der Waals surface area contributed by atoms with Crippen molar-refractivity contribution >= 4 is 45.4 Å². The Kier molecular flexibility index (Phi) is 4.67. The number of para-hydroxylation sites is 1. The Balaban J connectivity index is 1.62. The lowest BCUT2D eigenvalue weighted by Gasteiger charge is -2.10. The number of benzene rings is 1. The van der Waals surface area contributed by atoms with E-state index in [0.29, 0.717) is 10.2 Å². The normalized spacial score (nSPS) is 13.3. The van der Waals surface area contributed by atoms with Crippen molar-refractivity contribution in [2.45, 2.75) is 25.7 Å². The molecule has 31 heavy (non-hydrogen) atoms. The summed E-state index contributed by atoms with van der Waals surface area (Å²) >= 11 is 6.82. The zero-order valence-corrected chi connectivity index (χ0v) is 17.7. The van der Waals surface area contributed by atoms with Crippen LogP contribution in [0.25, 0.3) is 21.5 Å². The number of thiophene rings is 1. The lowest BCUT2D eigenvalue weighted by Crippen LogP contribution is -2.29. The van der Waals surface area contributed by atoms with Crippen LogP contribution in [0.2, 0.25) is 0 Å². The maximum atomic E-state index is 13.2. The van der Waals surface area contributed by atoms with Crippen LogP contribution in [0.3, 0.4) is 0 Å². The number of nitrogens with one attached hydrogen (secondary N) is 1. The molecule has 1 aliphatic carbocycles. The first-order chi connectivity index (χ1) is 15.0. The first-order valence-corrected chi connectivity index (χ1v) is 10.9. The fourth-order valence-corrected chi connectivity index (χ4v) is 5.58. The number of nitrogens with zero attached hydrogens (tertiary/aromatic N) is 2. The van der Waals surface area contributed by atoms with Gasteiger partial charge in [-0.3, -0.25) is 19.7 Å². The van der Waals surface area contributed by atoms with Crippen LogP contribution in [0.15, 0.2) is 45.6 Å². The number of furan rings is 1. The highest BCUT2D eigenvalue weighted by Crippen LogP contribution is 2.34. The van der Waals surface area contributed by atoms with Gasteiger partial charge in [0.25, 0.3) is 11.2 Å². The summed E-state index contributed by atoms with van der Waals surface area (Å²) in [6.07, 6.45) is 3.79. The molecule has 0 atom stereocenters. The van der Waals surface area contributed by atoms with Crippen molar-refractivity contribution < 1.29 is 14.1 Å². The summed E-state index contributed by atoms with van der Waals surface area (Å²) in [7, 11) is 0. The zero-order chi connectivity index (χ0) is 21.7. The molecule has 5 rings (SSSR count). The first-order valence-electron chi connectivity index (χ1n) is 9.63. The van der Waals surface area contributed by atoms with Crippen LogP contribution in [-0.4, -0.2) is 20.4 Å². The van der Waals surface area contributed by atoms with Gasteiger partial charge in [0, 0.05) is 10.9 Å². The molecule has 8 nitrogen and oxygen atoms in total. The molecule has 0 aliphatic heterocycles. The molecule has 10 heteroatoms. The third-order valence-electron chi connectivity index (χ3n) is 5.40. The van der Waals surface area contributed by atoms with E-state index in [0.717, 1.165) is 40.7 Å². The van der Waals surface area contributed by atoms with Gasteiger partial charge < -0.3 is 9.40 Å². The molecule has 0 saturated heterocycles. The van der Waals surface area contributed by atoms with Gasteiger partial charge in [-0.1, -0.05) is 12.1 Å². The smallest absolute Gasteiger partial charge is 0.302 e. The maximum absolute atomic E-state index is 13.2. The molecule has 0 amide bonds. The second kappa shape index (κ2) is 7.40. The van der Waals surface area contributed by atoms with Gasteiger partial charge in [0.15, 0.2) is 10.5 Å². The second-order valence-electron chi connectivity index (χ2n) is 7.23. The van der Waals surface area contributed by atoms with E-state index < -0.39 is 16.4 Å². The van der Waals surface area contributed by atoms with Crippen LogP contribution < -0.4 is 5.56 Å². The SMILES string of the molecule is O=C(c1ccc(-c2ccccc2[N+](=O)[O-])o1)n1c(=S)[nH]c2sc3c(c2c1=O)CCCC3. The van der Waals surface area contributed by atoms with Crippen LogP contribution >= 0.6 is 23.6 Å². The molecular formula is C21H15N3O5S2. The highest BCUT2D eigenvalue weighted by atomic mass is 32.1. The number of hydrogen-bond acceptors (Lipinski definition) is 7. The van der Waals surface area contributed by atoms with Crippen LogP contribution in [0.5, 0.6) is 0 Å². The predicted octanol–water partition coefficient (Wildman–Crippen LogP) is 4.86. The van der Waals surface area contributed by atoms with Crippen LogP contribution in [-0.2, 0) is 12.8 Å². The third kappa shape index (κ3) is 3.15. The number of nitro benzene ring substituents is 1. The molecular weight excluding hydrogens is 438 g/mol. The van der Waals surface area contributed by atoms with E-state index in [4.69, 9.17) is 16.6 Å². The van der Waals surface area contributed by atoms with Gasteiger partial charge in [-0.15, -0.1) is 11.3 Å². The van der Waals surface area contributed by atoms with Crippen molar-refractivity contribution in [2.24, 2.45) is 0 Å². The molecule has 0 radical (unpaired) electrons. The highest BCUT2D eigenvalue weighted by Gasteiger charge is 2.25. The van der Waals surface area contributed by atoms with E-state index >= 15 is 0 Å². The Morgan fingerprint density at radius 2 is 1.97 bits per heavy atom. The lowest BCUT2D eigenvalue weighted by molar-refractivity contribution is -0.384. The lowest BCUT2D eigenvalue weighted by atomic mass is 9.97. The Labute approximate surface area is 183 Å². The minimum Gasteiger partial charge on any atom is -0.451 e. The average molecular weight is 454 g/mol. The molecule has 0 saturated carbocycles. The summed E-state index contributed by atoms with van der Waals surface area (Å²) in [5.41, 5.74) is 0.624. The summed E-state index contributed by atoms with van der Waals surface area (Å²) < 4.78 is 6.52. The number of aryl methyl sites for hydroxylation is 2. The second-order valence-corrected chi connectivity index (χ2v) is 8.72. The Morgan fingerprint density at radius 3 is 2.77 bits per heavy atom. The molecule has 1 N–H and O–H groups in total. The molecule has 0 bridgehead atoms. The van der Waals surface area contributed by atoms with Crippen molar-refractivity contribution in [3.63, 3.8) is 0 Å². The number of hydrogen-bond donors (Lipinski definition) is 1. The van der Waals surface area contributed by atoms with Gasteiger partial charge in [0.1, 0.15) is 10.6 Å². The van der Waals surface area contributed by atoms with E-state index in [-0.39, 0.29) is 27.5 Å². The number of carbonyl (C=O) groups excluding carboxylic acids is 1. The van der Waals surface area contributed by atoms with E-state index in [1.54, 1.807) is 12.1 Å². The fraction of sp³-hybridized carbons (Fsp3) is 0.190. The Morgan fingerprint density at radius 1 is 1.19 bits per heavy atom. The molecule has 0 unspecified atom stereocenters. The van der Waals surface area contributed by atoms with Gasteiger partial charge in [-0.25, -0.2) is 4.57 Å². The summed E-state index contributed by atoms with van der Waals surface area (Å²) in [5.74, 6) is -0.681. The van der Waals surface area contributed by atoms with Gasteiger partial charge in [0.2, 0.25) is 0 Å². The average Bonchev–Trinajstić information content (AvgIpc) is 3.38. The van der Waals surface area contributed by atoms with E-state index in [9.17, 15) is 19.7 Å². The number of rotatable bonds is 3. The van der Waals surface area contributed by atoms with Crippen molar-refractivity contribution in [3.05, 3.63) is 77.8 Å². The number of carbonyl (C=O) groups is 1. The summed E-state index contributed by atoms with van der Waals surface area (Å²) in [5, 5.41) is 11.8. The molecule has 3 aromatic heterocycles. The van der Waals surface area contributed by atoms with E-state index in [1.165, 1.54) is 35.6 Å². The molecule has 1 aliphatic rings. The molecule has 1 aromatic carbocycles. The summed E-state index contributed by atoms with van der Waals surface area (Å²) in [6.45, 7) is 0. The largest absolute Gasteiger partial charge is 0.451 e. The fourth-order valence-electron chi connectivity index (χ4n) is 3.97. The highest BCUT2D eigenvalue weighted by molar-refractivity contribution is 7.71. The van der Waals surface area contributed by atoms with Crippen molar-refractivity contribution in [2.75, 3.05) is 0 Å². The van der Waals surface area contributed by atoms with Gasteiger partial charge >= 0.3 is 5.91 Å². The van der Waals surface area contributed by atoms with Crippen molar-refractivity contribution in [1.82, 2.24) is 9.55 Å². The zero-order valence-electron chi connectivity index (χ0n) is 16.0. The van der Waals surface area contributed by atoms with Gasteiger partial charge in [0.05, 0.1) is 15.9 Å². The first kappa shape index (κ1) is 19.6. The number of nitro groups is 1. The van der Waals surface area contributed by atoms with Crippen molar-refractivity contribution in [1.29, 1.82) is 0 Å². The quantitative estimate of drug-likeness (QED) is 0.269. The summed E-state index contributed by atoms with van der Waals surface area (Å²) in [4.78, 5) is 42.0. The number of aromatic amines is 1. The van der Waals surface area contributed by atoms with Crippen LogP contribution in [0.1, 0.15) is 33.8 Å². The Bertz CT molecular complexity index is 1490. The van der Waals surface area contributed by atoms with Crippen LogP contribution in [0.4, 0.5) is 5.69 Å². The number of fused-ring (bicyclic) bond motifs is 3. The van der Waals surface area contributed by atoms with E-state index in [1.807, 2.05) is 0 Å². The molecule has 4 aromatic rings. The van der Waals surface area contributed by atoms with Crippen LogP contribution in [0, 0.1) is 14.9 Å². The Hall–Kier alpha value is -3.37. The molecule has 3 heterocycles. The standard InChI is InChI=1S/C21H15N3O5S2/c25-19(15-10-9-14(29-15)11-5-1-3-7-13(11)24(27)28)23-20(26)17-12-6-2-4-8-16(12)31-18(17)22-21(23)30/h1,3,5,7,9-10H,2,4,6,8H2,(H,22,30). The summed E-state index contributed by atoms with van der Waals surface area (Å²) in [6, 6.07) is 8.94. The molecule has 0 fully saturated rings. The number of aromatic nitrogens is 2. The van der Waals surface area contributed by atoms with Gasteiger partial charge in [-0.05, 0) is 61.7 Å². The minimum atomic E-state index is -0.714. The number of H-pyrrole nitrogens is 1. The maximum Gasteiger partial charge on any atom is 0.302 e. The van der Waals surface area contributed by atoms with Crippen molar-refractivity contribution in [3.8, 4) is 11.3 Å². The van der Waals surface area contributed by atoms with E-state index in [2.05, 4.69) is 4.98 Å². The third-order valence-corrected chi connectivity index (χ3v) is 6.89. The predicted molar refractivity (Wildman–Crippen MR) is 118 cm³/mol. The molecule has 0 spiro atoms.